The lowest BCUT2D eigenvalue weighted by molar-refractivity contribution is -0.144. The molecule has 1 aliphatic heterocycles. The highest BCUT2D eigenvalue weighted by Gasteiger charge is 2.33. The summed E-state index contributed by atoms with van der Waals surface area (Å²) in [6.07, 6.45) is 3.96. The number of nitrogens with zero attached hydrogens (tertiary/aromatic N) is 2. The second-order valence-electron chi connectivity index (χ2n) is 6.33. The van der Waals surface area contributed by atoms with E-state index in [2.05, 4.69) is 36.1 Å². The molecule has 1 saturated heterocycles. The summed E-state index contributed by atoms with van der Waals surface area (Å²) in [5.74, 6) is -0.747. The van der Waals surface area contributed by atoms with Crippen LogP contribution in [-0.4, -0.2) is 72.7 Å². The van der Waals surface area contributed by atoms with E-state index >= 15 is 0 Å². The van der Waals surface area contributed by atoms with Gasteiger partial charge in [0.2, 0.25) is 0 Å². The molecule has 1 rings (SSSR count). The molecule has 0 radical (unpaired) electrons. The first-order valence-electron chi connectivity index (χ1n) is 7.76. The van der Waals surface area contributed by atoms with Gasteiger partial charge < -0.3 is 20.2 Å². The molecular formula is C15H31N3O2. The summed E-state index contributed by atoms with van der Waals surface area (Å²) >= 11 is 0. The van der Waals surface area contributed by atoms with E-state index in [9.17, 15) is 9.90 Å². The first-order valence-corrected chi connectivity index (χ1v) is 7.76. The summed E-state index contributed by atoms with van der Waals surface area (Å²) in [6, 6.07) is 0.593. The van der Waals surface area contributed by atoms with Gasteiger partial charge in [-0.25, -0.2) is 0 Å². The summed E-state index contributed by atoms with van der Waals surface area (Å²) in [5, 5.41) is 12.6. The highest BCUT2D eigenvalue weighted by Crippen LogP contribution is 2.17. The molecule has 118 valence electrons. The number of carboxylic acids is 1. The van der Waals surface area contributed by atoms with Crippen LogP contribution in [0.2, 0.25) is 0 Å². The van der Waals surface area contributed by atoms with Crippen molar-refractivity contribution < 1.29 is 9.90 Å². The van der Waals surface area contributed by atoms with E-state index in [1.54, 1.807) is 6.92 Å². The fourth-order valence-corrected chi connectivity index (χ4v) is 2.69. The van der Waals surface area contributed by atoms with E-state index in [1.165, 1.54) is 12.8 Å². The molecule has 0 aromatic carbocycles. The number of piperidine rings is 1. The SMILES string of the molecule is CCCNC(C)(CCN(C)C1CCN(C)CC1)C(=O)O. The smallest absolute Gasteiger partial charge is 0.323 e. The first kappa shape index (κ1) is 17.4. The van der Waals surface area contributed by atoms with Crippen molar-refractivity contribution in [3.05, 3.63) is 0 Å². The topological polar surface area (TPSA) is 55.8 Å². The Bertz CT molecular complexity index is 303. The highest BCUT2D eigenvalue weighted by atomic mass is 16.4. The molecule has 1 unspecified atom stereocenters. The Morgan fingerprint density at radius 1 is 1.45 bits per heavy atom. The van der Waals surface area contributed by atoms with Crippen molar-refractivity contribution in [2.75, 3.05) is 40.3 Å². The van der Waals surface area contributed by atoms with Crippen LogP contribution in [0.5, 0.6) is 0 Å². The number of nitrogens with one attached hydrogen (secondary N) is 1. The molecule has 0 saturated carbocycles. The normalized spacial score (nSPS) is 21.1. The van der Waals surface area contributed by atoms with Crippen LogP contribution in [0.3, 0.4) is 0 Å². The molecule has 5 nitrogen and oxygen atoms in total. The van der Waals surface area contributed by atoms with Gasteiger partial charge in [-0.2, -0.15) is 0 Å². The van der Waals surface area contributed by atoms with Crippen molar-refractivity contribution in [3.63, 3.8) is 0 Å². The minimum absolute atomic E-state index is 0.593. The average molecular weight is 285 g/mol. The van der Waals surface area contributed by atoms with Gasteiger partial charge in [0.05, 0.1) is 0 Å². The van der Waals surface area contributed by atoms with Gasteiger partial charge in [0.25, 0.3) is 0 Å². The van der Waals surface area contributed by atoms with Crippen LogP contribution in [-0.2, 0) is 4.79 Å². The number of likely N-dealkylation sites (tertiary alicyclic amines) is 1. The Hall–Kier alpha value is -0.650. The minimum atomic E-state index is -0.810. The van der Waals surface area contributed by atoms with Gasteiger partial charge in [0.15, 0.2) is 0 Å². The van der Waals surface area contributed by atoms with E-state index in [0.29, 0.717) is 12.5 Å². The van der Waals surface area contributed by atoms with E-state index in [0.717, 1.165) is 32.6 Å². The maximum Gasteiger partial charge on any atom is 0.323 e. The minimum Gasteiger partial charge on any atom is -0.480 e. The molecule has 1 fully saturated rings. The molecule has 1 atom stereocenters. The number of carboxylic acid groups (broad SMARTS) is 1. The zero-order valence-corrected chi connectivity index (χ0v) is 13.5. The van der Waals surface area contributed by atoms with Gasteiger partial charge in [0.1, 0.15) is 5.54 Å². The van der Waals surface area contributed by atoms with Gasteiger partial charge in [0, 0.05) is 12.6 Å². The van der Waals surface area contributed by atoms with Crippen LogP contribution in [0.25, 0.3) is 0 Å². The second kappa shape index (κ2) is 7.96. The fraction of sp³-hybridized carbons (Fsp3) is 0.933. The summed E-state index contributed by atoms with van der Waals surface area (Å²) in [6.45, 7) is 7.71. The Morgan fingerprint density at radius 2 is 2.05 bits per heavy atom. The summed E-state index contributed by atoms with van der Waals surface area (Å²) in [4.78, 5) is 16.2. The molecule has 0 aromatic rings. The van der Waals surface area contributed by atoms with Gasteiger partial charge >= 0.3 is 5.97 Å². The summed E-state index contributed by atoms with van der Waals surface area (Å²) in [7, 11) is 4.28. The van der Waals surface area contributed by atoms with Crippen LogP contribution in [0, 0.1) is 0 Å². The van der Waals surface area contributed by atoms with Crippen LogP contribution < -0.4 is 5.32 Å². The molecule has 0 bridgehead atoms. The maximum absolute atomic E-state index is 11.5. The van der Waals surface area contributed by atoms with Crippen LogP contribution in [0.4, 0.5) is 0 Å². The van der Waals surface area contributed by atoms with Crippen LogP contribution >= 0.6 is 0 Å². The van der Waals surface area contributed by atoms with Crippen molar-refractivity contribution in [1.82, 2.24) is 15.1 Å². The Kier molecular flexibility index (Phi) is 6.92. The molecule has 0 spiro atoms. The van der Waals surface area contributed by atoms with E-state index in [4.69, 9.17) is 0 Å². The zero-order chi connectivity index (χ0) is 15.2. The summed E-state index contributed by atoms with van der Waals surface area (Å²) < 4.78 is 0. The monoisotopic (exact) mass is 285 g/mol. The van der Waals surface area contributed by atoms with Gasteiger partial charge in [-0.15, -0.1) is 0 Å². The summed E-state index contributed by atoms with van der Waals surface area (Å²) in [5.41, 5.74) is -0.810. The van der Waals surface area contributed by atoms with Crippen molar-refractivity contribution in [3.8, 4) is 0 Å². The quantitative estimate of drug-likeness (QED) is 0.703. The molecule has 5 heteroatoms. The Morgan fingerprint density at radius 3 is 2.55 bits per heavy atom. The van der Waals surface area contributed by atoms with Crippen LogP contribution in [0.1, 0.15) is 39.5 Å². The fourth-order valence-electron chi connectivity index (χ4n) is 2.69. The van der Waals surface area contributed by atoms with Crippen LogP contribution in [0.15, 0.2) is 0 Å². The van der Waals surface area contributed by atoms with Gasteiger partial charge in [-0.05, 0) is 66.3 Å². The average Bonchev–Trinajstić information content (AvgIpc) is 2.43. The Labute approximate surface area is 123 Å². The lowest BCUT2D eigenvalue weighted by atomic mass is 9.96. The molecule has 1 aliphatic rings. The first-order chi connectivity index (χ1) is 9.39. The molecule has 0 aliphatic carbocycles. The number of hydrogen-bond acceptors (Lipinski definition) is 4. The third kappa shape index (κ3) is 5.04. The molecule has 20 heavy (non-hydrogen) atoms. The van der Waals surface area contributed by atoms with Gasteiger partial charge in [-0.3, -0.25) is 4.79 Å². The number of aliphatic carboxylic acids is 1. The number of carbonyl (C=O) groups is 1. The second-order valence-corrected chi connectivity index (χ2v) is 6.33. The number of rotatable bonds is 8. The zero-order valence-electron chi connectivity index (χ0n) is 13.5. The van der Waals surface area contributed by atoms with Crippen molar-refractivity contribution >= 4 is 5.97 Å². The van der Waals surface area contributed by atoms with Crippen molar-refractivity contribution in [1.29, 1.82) is 0 Å². The van der Waals surface area contributed by atoms with E-state index in [1.807, 2.05) is 0 Å². The largest absolute Gasteiger partial charge is 0.480 e. The van der Waals surface area contributed by atoms with Crippen molar-refractivity contribution in [2.45, 2.75) is 51.1 Å². The van der Waals surface area contributed by atoms with Crippen molar-refractivity contribution in [2.24, 2.45) is 0 Å². The lowest BCUT2D eigenvalue weighted by Crippen LogP contribution is -2.52. The van der Waals surface area contributed by atoms with Gasteiger partial charge in [-0.1, -0.05) is 6.92 Å². The van der Waals surface area contributed by atoms with E-state index < -0.39 is 11.5 Å². The molecule has 1 heterocycles. The third-order valence-electron chi connectivity index (χ3n) is 4.51. The Balaban J connectivity index is 2.44. The number of hydrogen-bond donors (Lipinski definition) is 2. The predicted molar refractivity (Wildman–Crippen MR) is 82.1 cm³/mol. The molecule has 0 amide bonds. The predicted octanol–water partition coefficient (Wildman–Crippen LogP) is 1.25. The van der Waals surface area contributed by atoms with E-state index in [-0.39, 0.29) is 0 Å². The third-order valence-corrected chi connectivity index (χ3v) is 4.51. The molecular weight excluding hydrogens is 254 g/mol. The standard InChI is InChI=1S/C15H31N3O2/c1-5-9-16-15(2,14(19)20)8-12-18(4)13-6-10-17(3)11-7-13/h13,16H,5-12H2,1-4H3,(H,19,20). The molecule has 0 aromatic heterocycles. The lowest BCUT2D eigenvalue weighted by Gasteiger charge is -2.36. The highest BCUT2D eigenvalue weighted by molar-refractivity contribution is 5.78. The molecule has 2 N–H and O–H groups in total. The maximum atomic E-state index is 11.5.